The Bertz CT molecular complexity index is 423. The Labute approximate surface area is 129 Å². The number of likely N-dealkylation sites (tertiary alicyclic amines) is 1. The summed E-state index contributed by atoms with van der Waals surface area (Å²) in [6.07, 6.45) is 4.00. The van der Waals surface area contributed by atoms with E-state index in [0.29, 0.717) is 0 Å². The van der Waals surface area contributed by atoms with E-state index in [1.165, 1.54) is 51.0 Å². The molecule has 0 radical (unpaired) electrons. The summed E-state index contributed by atoms with van der Waals surface area (Å²) in [6.45, 7) is 8.23. The second kappa shape index (κ2) is 7.39. The van der Waals surface area contributed by atoms with Crippen molar-refractivity contribution < 1.29 is 0 Å². The summed E-state index contributed by atoms with van der Waals surface area (Å²) in [4.78, 5) is 5.02. The Hall–Kier alpha value is -0.900. The molecule has 21 heavy (non-hydrogen) atoms. The van der Waals surface area contributed by atoms with Crippen molar-refractivity contribution in [2.24, 2.45) is 0 Å². The van der Waals surface area contributed by atoms with E-state index in [0.717, 1.165) is 25.6 Å². The first-order valence-electron chi connectivity index (χ1n) is 8.52. The quantitative estimate of drug-likeness (QED) is 0.920. The van der Waals surface area contributed by atoms with Gasteiger partial charge in [0.25, 0.3) is 0 Å². The smallest absolute Gasteiger partial charge is 0.0234 e. The fourth-order valence-corrected chi connectivity index (χ4v) is 3.60. The van der Waals surface area contributed by atoms with Crippen LogP contribution >= 0.6 is 0 Å². The lowest BCUT2D eigenvalue weighted by molar-refractivity contribution is 0.233. The van der Waals surface area contributed by atoms with Crippen LogP contribution in [0.2, 0.25) is 0 Å². The van der Waals surface area contributed by atoms with E-state index < -0.39 is 0 Å². The molecule has 2 aliphatic heterocycles. The van der Waals surface area contributed by atoms with Crippen LogP contribution in [0.25, 0.3) is 0 Å². The van der Waals surface area contributed by atoms with Crippen molar-refractivity contribution in [1.29, 1.82) is 0 Å². The van der Waals surface area contributed by atoms with Crippen LogP contribution in [-0.4, -0.2) is 56.1 Å². The summed E-state index contributed by atoms with van der Waals surface area (Å²) in [5.41, 5.74) is 3.01. The molecule has 0 bridgehead atoms. The third-order valence-electron chi connectivity index (χ3n) is 5.02. The van der Waals surface area contributed by atoms with E-state index in [4.69, 9.17) is 0 Å². The van der Waals surface area contributed by atoms with Crippen LogP contribution in [0.15, 0.2) is 24.3 Å². The molecule has 1 unspecified atom stereocenters. The third kappa shape index (κ3) is 4.29. The minimum atomic E-state index is 0.767. The fourth-order valence-electron chi connectivity index (χ4n) is 3.60. The zero-order valence-electron chi connectivity index (χ0n) is 13.4. The largest absolute Gasteiger partial charge is 0.314 e. The lowest BCUT2D eigenvalue weighted by atomic mass is 9.91. The SMILES string of the molecule is CN1CCCC(c2ccc(CN3CCNCC3)cc2)CC1. The van der Waals surface area contributed by atoms with Gasteiger partial charge in [0.05, 0.1) is 0 Å². The maximum atomic E-state index is 3.42. The predicted molar refractivity (Wildman–Crippen MR) is 88.7 cm³/mol. The molecule has 0 amide bonds. The molecule has 3 nitrogen and oxygen atoms in total. The van der Waals surface area contributed by atoms with Gasteiger partial charge in [-0.15, -0.1) is 0 Å². The standard InChI is InChI=1S/C18H29N3/c1-20-11-2-3-17(8-12-20)18-6-4-16(5-7-18)15-21-13-9-19-10-14-21/h4-7,17,19H,2-3,8-15H2,1H3. The first-order chi connectivity index (χ1) is 10.3. The third-order valence-corrected chi connectivity index (χ3v) is 5.02. The molecule has 116 valence electrons. The van der Waals surface area contributed by atoms with Crippen LogP contribution in [0, 0.1) is 0 Å². The highest BCUT2D eigenvalue weighted by atomic mass is 15.2. The minimum Gasteiger partial charge on any atom is -0.314 e. The normalized spacial score (nSPS) is 25.7. The van der Waals surface area contributed by atoms with Gasteiger partial charge < -0.3 is 10.2 Å². The van der Waals surface area contributed by atoms with Crippen molar-refractivity contribution in [3.63, 3.8) is 0 Å². The molecular formula is C18H29N3. The Morgan fingerprint density at radius 1 is 1.00 bits per heavy atom. The molecule has 0 spiro atoms. The van der Waals surface area contributed by atoms with E-state index in [2.05, 4.69) is 46.4 Å². The van der Waals surface area contributed by atoms with Gasteiger partial charge in [-0.25, -0.2) is 0 Å². The Balaban J connectivity index is 1.58. The average Bonchev–Trinajstić information content (AvgIpc) is 2.74. The number of rotatable bonds is 3. The lowest BCUT2D eigenvalue weighted by Crippen LogP contribution is -2.42. The summed E-state index contributed by atoms with van der Waals surface area (Å²) in [5.74, 6) is 0.767. The number of nitrogens with zero attached hydrogens (tertiary/aromatic N) is 2. The summed E-state index contributed by atoms with van der Waals surface area (Å²) in [5, 5.41) is 3.42. The van der Waals surface area contributed by atoms with Crippen LogP contribution in [0.5, 0.6) is 0 Å². The highest BCUT2D eigenvalue weighted by molar-refractivity contribution is 5.25. The molecular weight excluding hydrogens is 258 g/mol. The number of benzene rings is 1. The molecule has 2 saturated heterocycles. The van der Waals surface area contributed by atoms with Gasteiger partial charge in [-0.2, -0.15) is 0 Å². The molecule has 3 heteroatoms. The van der Waals surface area contributed by atoms with E-state index in [-0.39, 0.29) is 0 Å². The predicted octanol–water partition coefficient (Wildman–Crippen LogP) is 2.29. The zero-order chi connectivity index (χ0) is 14.5. The van der Waals surface area contributed by atoms with Gasteiger partial charge in [0.15, 0.2) is 0 Å². The van der Waals surface area contributed by atoms with Crippen LogP contribution in [0.4, 0.5) is 0 Å². The second-order valence-electron chi connectivity index (χ2n) is 6.70. The van der Waals surface area contributed by atoms with Gasteiger partial charge in [-0.3, -0.25) is 4.90 Å². The maximum absolute atomic E-state index is 3.42. The van der Waals surface area contributed by atoms with Gasteiger partial charge in [-0.1, -0.05) is 24.3 Å². The van der Waals surface area contributed by atoms with E-state index in [1.54, 1.807) is 5.56 Å². The number of piperazine rings is 1. The van der Waals surface area contributed by atoms with E-state index in [1.807, 2.05) is 0 Å². The zero-order valence-corrected chi connectivity index (χ0v) is 13.4. The Morgan fingerprint density at radius 2 is 1.76 bits per heavy atom. The minimum absolute atomic E-state index is 0.767. The number of nitrogens with one attached hydrogen (secondary N) is 1. The summed E-state index contributed by atoms with van der Waals surface area (Å²) < 4.78 is 0. The first-order valence-corrected chi connectivity index (χ1v) is 8.52. The molecule has 0 aliphatic carbocycles. The molecule has 1 aromatic carbocycles. The van der Waals surface area contributed by atoms with Gasteiger partial charge in [0.1, 0.15) is 0 Å². The monoisotopic (exact) mass is 287 g/mol. The van der Waals surface area contributed by atoms with Crippen molar-refractivity contribution in [2.75, 3.05) is 46.3 Å². The van der Waals surface area contributed by atoms with Crippen LogP contribution in [0.3, 0.4) is 0 Å². The average molecular weight is 287 g/mol. The lowest BCUT2D eigenvalue weighted by Gasteiger charge is -2.27. The molecule has 2 heterocycles. The van der Waals surface area contributed by atoms with Crippen molar-refractivity contribution in [3.8, 4) is 0 Å². The highest BCUT2D eigenvalue weighted by Crippen LogP contribution is 2.28. The number of hydrogen-bond donors (Lipinski definition) is 1. The topological polar surface area (TPSA) is 18.5 Å². The number of hydrogen-bond acceptors (Lipinski definition) is 3. The van der Waals surface area contributed by atoms with Gasteiger partial charge in [0.2, 0.25) is 0 Å². The van der Waals surface area contributed by atoms with Crippen molar-refractivity contribution in [2.45, 2.75) is 31.7 Å². The van der Waals surface area contributed by atoms with Gasteiger partial charge in [0, 0.05) is 32.7 Å². The van der Waals surface area contributed by atoms with Crippen molar-refractivity contribution >= 4 is 0 Å². The first kappa shape index (κ1) is 15.0. The molecule has 1 atom stereocenters. The summed E-state index contributed by atoms with van der Waals surface area (Å²) in [6, 6.07) is 9.47. The highest BCUT2D eigenvalue weighted by Gasteiger charge is 2.16. The van der Waals surface area contributed by atoms with Gasteiger partial charge in [-0.05, 0) is 56.4 Å². The summed E-state index contributed by atoms with van der Waals surface area (Å²) >= 11 is 0. The molecule has 0 saturated carbocycles. The van der Waals surface area contributed by atoms with Crippen molar-refractivity contribution in [3.05, 3.63) is 35.4 Å². The summed E-state index contributed by atoms with van der Waals surface area (Å²) in [7, 11) is 2.25. The maximum Gasteiger partial charge on any atom is 0.0234 e. The molecule has 1 aromatic rings. The van der Waals surface area contributed by atoms with Gasteiger partial charge >= 0.3 is 0 Å². The van der Waals surface area contributed by atoms with Crippen LogP contribution in [-0.2, 0) is 6.54 Å². The molecule has 2 fully saturated rings. The Kier molecular flexibility index (Phi) is 5.28. The second-order valence-corrected chi connectivity index (χ2v) is 6.70. The molecule has 2 aliphatic rings. The van der Waals surface area contributed by atoms with Crippen LogP contribution < -0.4 is 5.32 Å². The Morgan fingerprint density at radius 3 is 2.52 bits per heavy atom. The van der Waals surface area contributed by atoms with Crippen molar-refractivity contribution in [1.82, 2.24) is 15.1 Å². The van der Waals surface area contributed by atoms with Crippen LogP contribution in [0.1, 0.15) is 36.3 Å². The van der Waals surface area contributed by atoms with E-state index in [9.17, 15) is 0 Å². The molecule has 0 aromatic heterocycles. The molecule has 1 N–H and O–H groups in total. The fraction of sp³-hybridized carbons (Fsp3) is 0.667. The molecule has 3 rings (SSSR count). The van der Waals surface area contributed by atoms with E-state index >= 15 is 0 Å².